The van der Waals surface area contributed by atoms with Crippen LogP contribution >= 0.6 is 27.5 Å². The van der Waals surface area contributed by atoms with Crippen LogP contribution < -0.4 is 10.1 Å². The first kappa shape index (κ1) is 14.8. The van der Waals surface area contributed by atoms with Crippen molar-refractivity contribution in [1.82, 2.24) is 5.32 Å². The fourth-order valence-corrected chi connectivity index (χ4v) is 2.68. The van der Waals surface area contributed by atoms with Gasteiger partial charge in [-0.25, -0.2) is 4.39 Å². The number of nitrogens with one attached hydrogen (secondary N) is 1. The molecular weight excluding hydrogens is 357 g/mol. The normalized spacial score (nSPS) is 14.2. The SMILES string of the molecule is Fc1cc(CNC2CC2)ccc1Oc1ccc(Br)cc1Cl. The molecule has 1 saturated carbocycles. The molecule has 0 bridgehead atoms. The maximum Gasteiger partial charge on any atom is 0.166 e. The van der Waals surface area contributed by atoms with Crippen LogP contribution in [0.3, 0.4) is 0 Å². The van der Waals surface area contributed by atoms with Crippen molar-refractivity contribution in [2.24, 2.45) is 0 Å². The monoisotopic (exact) mass is 369 g/mol. The van der Waals surface area contributed by atoms with Gasteiger partial charge in [0.05, 0.1) is 5.02 Å². The average molecular weight is 371 g/mol. The molecule has 0 aliphatic heterocycles. The minimum Gasteiger partial charge on any atom is -0.453 e. The second-order valence-electron chi connectivity index (χ2n) is 5.10. The Morgan fingerprint density at radius 2 is 1.95 bits per heavy atom. The van der Waals surface area contributed by atoms with Crippen molar-refractivity contribution >= 4 is 27.5 Å². The molecule has 1 aliphatic rings. The Kier molecular flexibility index (Phi) is 4.48. The van der Waals surface area contributed by atoms with Gasteiger partial charge in [0.2, 0.25) is 0 Å². The molecule has 2 aromatic carbocycles. The quantitative estimate of drug-likeness (QED) is 0.772. The maximum absolute atomic E-state index is 14.1. The molecule has 0 saturated heterocycles. The molecule has 3 rings (SSSR count). The third-order valence-electron chi connectivity index (χ3n) is 3.28. The van der Waals surface area contributed by atoms with Crippen molar-refractivity contribution < 1.29 is 9.13 Å². The standard InChI is InChI=1S/C16H14BrClFNO/c17-11-2-6-15(13(18)8-11)21-16-5-1-10(7-14(16)19)9-20-12-3-4-12/h1-2,5-8,12,20H,3-4,9H2. The molecule has 2 nitrogen and oxygen atoms in total. The minimum atomic E-state index is -0.385. The molecular formula is C16H14BrClFNO. The van der Waals surface area contributed by atoms with Crippen LogP contribution in [0.15, 0.2) is 40.9 Å². The van der Waals surface area contributed by atoms with Gasteiger partial charge in [0.1, 0.15) is 5.75 Å². The lowest BCUT2D eigenvalue weighted by molar-refractivity contribution is 0.441. The summed E-state index contributed by atoms with van der Waals surface area (Å²) < 4.78 is 20.5. The van der Waals surface area contributed by atoms with Gasteiger partial charge in [-0.2, -0.15) is 0 Å². The van der Waals surface area contributed by atoms with E-state index < -0.39 is 0 Å². The van der Waals surface area contributed by atoms with E-state index in [9.17, 15) is 4.39 Å². The molecule has 2 aromatic rings. The van der Waals surface area contributed by atoms with E-state index in [-0.39, 0.29) is 11.6 Å². The molecule has 0 atom stereocenters. The van der Waals surface area contributed by atoms with Crippen LogP contribution in [0, 0.1) is 5.82 Å². The zero-order chi connectivity index (χ0) is 14.8. The fraction of sp³-hybridized carbons (Fsp3) is 0.250. The summed E-state index contributed by atoms with van der Waals surface area (Å²) in [4.78, 5) is 0. The van der Waals surface area contributed by atoms with Crippen LogP contribution in [-0.4, -0.2) is 6.04 Å². The van der Waals surface area contributed by atoms with Gasteiger partial charge < -0.3 is 10.1 Å². The zero-order valence-electron chi connectivity index (χ0n) is 11.2. The lowest BCUT2D eigenvalue weighted by Crippen LogP contribution is -2.15. The van der Waals surface area contributed by atoms with Crippen molar-refractivity contribution in [3.63, 3.8) is 0 Å². The molecule has 0 amide bonds. The van der Waals surface area contributed by atoms with E-state index in [0.29, 0.717) is 23.4 Å². The van der Waals surface area contributed by atoms with Crippen molar-refractivity contribution in [2.45, 2.75) is 25.4 Å². The van der Waals surface area contributed by atoms with E-state index in [1.165, 1.54) is 18.9 Å². The highest BCUT2D eigenvalue weighted by Crippen LogP contribution is 2.33. The number of benzene rings is 2. The first-order valence-corrected chi connectivity index (χ1v) is 7.93. The summed E-state index contributed by atoms with van der Waals surface area (Å²) in [7, 11) is 0. The van der Waals surface area contributed by atoms with Crippen LogP contribution in [0.1, 0.15) is 18.4 Å². The number of halogens is 3. The van der Waals surface area contributed by atoms with Crippen molar-refractivity contribution in [3.05, 3.63) is 57.3 Å². The molecule has 0 radical (unpaired) electrons. The van der Waals surface area contributed by atoms with Crippen LogP contribution in [0.2, 0.25) is 5.02 Å². The highest BCUT2D eigenvalue weighted by Gasteiger charge is 2.20. The Morgan fingerprint density at radius 1 is 1.19 bits per heavy atom. The average Bonchev–Trinajstić information content (AvgIpc) is 3.26. The summed E-state index contributed by atoms with van der Waals surface area (Å²) in [5.74, 6) is 0.223. The van der Waals surface area contributed by atoms with E-state index in [0.717, 1.165) is 10.0 Å². The van der Waals surface area contributed by atoms with Gasteiger partial charge in [0.25, 0.3) is 0 Å². The van der Waals surface area contributed by atoms with Crippen LogP contribution in [0.25, 0.3) is 0 Å². The summed E-state index contributed by atoms with van der Waals surface area (Å²) in [6.45, 7) is 0.681. The largest absolute Gasteiger partial charge is 0.453 e. The Hall–Kier alpha value is -1.10. The summed E-state index contributed by atoms with van der Waals surface area (Å²) >= 11 is 9.39. The first-order valence-electron chi connectivity index (χ1n) is 6.76. The second-order valence-corrected chi connectivity index (χ2v) is 6.42. The van der Waals surface area contributed by atoms with Gasteiger partial charge in [-0.05, 0) is 48.7 Å². The zero-order valence-corrected chi connectivity index (χ0v) is 13.5. The summed E-state index contributed by atoms with van der Waals surface area (Å²) in [5, 5.41) is 3.78. The van der Waals surface area contributed by atoms with Crippen LogP contribution in [0.5, 0.6) is 11.5 Å². The lowest BCUT2D eigenvalue weighted by Gasteiger charge is -2.10. The smallest absolute Gasteiger partial charge is 0.166 e. The van der Waals surface area contributed by atoms with Gasteiger partial charge in [-0.15, -0.1) is 0 Å². The first-order chi connectivity index (χ1) is 10.1. The van der Waals surface area contributed by atoms with Gasteiger partial charge in [-0.1, -0.05) is 33.6 Å². The third-order valence-corrected chi connectivity index (χ3v) is 4.07. The minimum absolute atomic E-state index is 0.175. The van der Waals surface area contributed by atoms with E-state index in [4.69, 9.17) is 16.3 Å². The Labute approximate surface area is 136 Å². The summed E-state index contributed by atoms with van der Waals surface area (Å²) in [6, 6.07) is 10.8. The molecule has 1 aliphatic carbocycles. The summed E-state index contributed by atoms with van der Waals surface area (Å²) in [5.41, 5.74) is 0.911. The predicted molar refractivity (Wildman–Crippen MR) is 85.5 cm³/mol. The highest BCUT2D eigenvalue weighted by molar-refractivity contribution is 9.10. The molecule has 0 heterocycles. The highest BCUT2D eigenvalue weighted by atomic mass is 79.9. The van der Waals surface area contributed by atoms with E-state index in [1.807, 2.05) is 6.07 Å². The van der Waals surface area contributed by atoms with E-state index >= 15 is 0 Å². The lowest BCUT2D eigenvalue weighted by atomic mass is 10.2. The van der Waals surface area contributed by atoms with Crippen LogP contribution in [0.4, 0.5) is 4.39 Å². The number of ether oxygens (including phenoxy) is 1. The molecule has 0 unspecified atom stereocenters. The molecule has 0 spiro atoms. The van der Waals surface area contributed by atoms with E-state index in [2.05, 4.69) is 21.2 Å². The van der Waals surface area contributed by atoms with Crippen molar-refractivity contribution in [3.8, 4) is 11.5 Å². The predicted octanol–water partition coefficient (Wildman–Crippen LogP) is 5.29. The molecule has 5 heteroatoms. The number of rotatable bonds is 5. The molecule has 110 valence electrons. The molecule has 21 heavy (non-hydrogen) atoms. The van der Waals surface area contributed by atoms with Crippen LogP contribution in [-0.2, 0) is 6.54 Å². The summed E-state index contributed by atoms with van der Waals surface area (Å²) in [6.07, 6.45) is 2.43. The number of hydrogen-bond acceptors (Lipinski definition) is 2. The Morgan fingerprint density at radius 3 is 2.62 bits per heavy atom. The van der Waals surface area contributed by atoms with E-state index in [1.54, 1.807) is 24.3 Å². The van der Waals surface area contributed by atoms with Gasteiger partial charge in [-0.3, -0.25) is 0 Å². The topological polar surface area (TPSA) is 21.3 Å². The Bertz CT molecular complexity index is 661. The van der Waals surface area contributed by atoms with Gasteiger partial charge in [0.15, 0.2) is 11.6 Å². The van der Waals surface area contributed by atoms with Crippen molar-refractivity contribution in [1.29, 1.82) is 0 Å². The molecule has 0 aromatic heterocycles. The fourth-order valence-electron chi connectivity index (χ4n) is 1.96. The molecule has 1 fully saturated rings. The second kappa shape index (κ2) is 6.34. The molecule has 1 N–H and O–H groups in total. The third kappa shape index (κ3) is 3.96. The maximum atomic E-state index is 14.1. The Balaban J connectivity index is 1.72. The number of hydrogen-bond donors (Lipinski definition) is 1. The van der Waals surface area contributed by atoms with Gasteiger partial charge >= 0.3 is 0 Å². The van der Waals surface area contributed by atoms with Crippen molar-refractivity contribution in [2.75, 3.05) is 0 Å². The van der Waals surface area contributed by atoms with Gasteiger partial charge in [0, 0.05) is 17.1 Å².